The zero-order chi connectivity index (χ0) is 18.3. The van der Waals surface area contributed by atoms with E-state index in [4.69, 9.17) is 0 Å². The molecule has 2 N–H and O–H groups in total. The lowest BCUT2D eigenvalue weighted by Crippen LogP contribution is -1.86. The highest BCUT2D eigenvalue weighted by molar-refractivity contribution is 6.16. The van der Waals surface area contributed by atoms with E-state index in [0.29, 0.717) is 0 Å². The van der Waals surface area contributed by atoms with E-state index in [1.165, 1.54) is 61.3 Å². The molecule has 0 aromatic heterocycles. The summed E-state index contributed by atoms with van der Waals surface area (Å²) in [5.74, 6) is 0. The molecule has 0 spiro atoms. The van der Waals surface area contributed by atoms with Gasteiger partial charge in [0.25, 0.3) is 0 Å². The second kappa shape index (κ2) is 6.44. The van der Waals surface area contributed by atoms with Crippen LogP contribution in [0.25, 0.3) is 43.1 Å². The molecule has 0 saturated carbocycles. The van der Waals surface area contributed by atoms with Crippen molar-refractivity contribution in [3.8, 4) is 0 Å². The fourth-order valence-electron chi connectivity index (χ4n) is 3.94. The summed E-state index contributed by atoms with van der Waals surface area (Å²) < 4.78 is 0. The molecule has 0 heterocycles. The Bertz CT molecular complexity index is 1270. The third-order valence-corrected chi connectivity index (χ3v) is 5.24. The molecule has 26 heavy (non-hydrogen) atoms. The Morgan fingerprint density at radius 1 is 0.500 bits per heavy atom. The third kappa shape index (κ3) is 2.53. The van der Waals surface area contributed by atoms with Gasteiger partial charge in [-0.25, -0.2) is 0 Å². The summed E-state index contributed by atoms with van der Waals surface area (Å²) in [5.41, 5.74) is 7.19. The minimum atomic E-state index is 1.30. The van der Waals surface area contributed by atoms with Gasteiger partial charge in [-0.15, -0.1) is 0 Å². The highest BCUT2D eigenvalue weighted by Gasteiger charge is 2.08. The van der Waals surface area contributed by atoms with Gasteiger partial charge in [0, 0.05) is 0 Å². The summed E-state index contributed by atoms with van der Waals surface area (Å²) in [6.45, 7) is 4.41. The number of rotatable bonds is 0. The molecule has 0 radical (unpaired) electrons. The summed E-state index contributed by atoms with van der Waals surface area (Å²) in [6.07, 6.45) is 0. The first-order valence-corrected chi connectivity index (χ1v) is 9.04. The van der Waals surface area contributed by atoms with E-state index in [2.05, 4.69) is 92.4 Å². The molecule has 0 saturated heterocycles. The SMILES string of the molecule is CN.Cc1ccc2cc3c(ccc4cc5ccccc5cc43)c(C)c2c1. The van der Waals surface area contributed by atoms with Crippen molar-refractivity contribution in [1.82, 2.24) is 0 Å². The summed E-state index contributed by atoms with van der Waals surface area (Å²) in [6, 6.07) is 26.9. The largest absolute Gasteiger partial charge is 0.333 e. The maximum atomic E-state index is 4.50. The van der Waals surface area contributed by atoms with Crippen molar-refractivity contribution in [2.24, 2.45) is 5.73 Å². The minimum Gasteiger partial charge on any atom is -0.333 e. The number of hydrogen-bond donors (Lipinski definition) is 1. The number of aryl methyl sites for hydroxylation is 2. The van der Waals surface area contributed by atoms with E-state index in [0.717, 1.165) is 0 Å². The Morgan fingerprint density at radius 2 is 1.12 bits per heavy atom. The topological polar surface area (TPSA) is 26.0 Å². The van der Waals surface area contributed by atoms with Crippen LogP contribution in [0.2, 0.25) is 0 Å². The van der Waals surface area contributed by atoms with Crippen molar-refractivity contribution >= 4 is 43.1 Å². The maximum Gasteiger partial charge on any atom is -0.00961 e. The van der Waals surface area contributed by atoms with Crippen molar-refractivity contribution in [3.05, 3.63) is 83.9 Å². The predicted molar refractivity (Wildman–Crippen MR) is 116 cm³/mol. The minimum absolute atomic E-state index is 1.30. The lowest BCUT2D eigenvalue weighted by Gasteiger charge is -2.12. The number of fused-ring (bicyclic) bond motifs is 5. The number of hydrogen-bond acceptors (Lipinski definition) is 1. The molecule has 0 aliphatic heterocycles. The van der Waals surface area contributed by atoms with Gasteiger partial charge in [0.1, 0.15) is 0 Å². The zero-order valence-electron chi connectivity index (χ0n) is 15.5. The van der Waals surface area contributed by atoms with Gasteiger partial charge in [-0.3, -0.25) is 0 Å². The van der Waals surface area contributed by atoms with Gasteiger partial charge in [-0.2, -0.15) is 0 Å². The van der Waals surface area contributed by atoms with Crippen LogP contribution in [0.1, 0.15) is 11.1 Å². The molecule has 0 amide bonds. The predicted octanol–water partition coefficient (Wildman–Crippen LogP) is 6.49. The standard InChI is InChI=1S/C24H18.CH5N/c1-15-7-8-20-14-24-21(16(2)22(20)11-15)10-9-19-12-17-5-3-4-6-18(17)13-23(19)24;1-2/h3-14H,1-2H3;2H2,1H3. The summed E-state index contributed by atoms with van der Waals surface area (Å²) in [4.78, 5) is 0. The van der Waals surface area contributed by atoms with Crippen LogP contribution in [0.4, 0.5) is 0 Å². The van der Waals surface area contributed by atoms with E-state index in [1.807, 2.05) is 0 Å². The van der Waals surface area contributed by atoms with Gasteiger partial charge in [0.2, 0.25) is 0 Å². The van der Waals surface area contributed by atoms with Gasteiger partial charge in [0.15, 0.2) is 0 Å². The molecule has 0 aliphatic carbocycles. The average Bonchev–Trinajstić information content (AvgIpc) is 2.69. The first-order chi connectivity index (χ1) is 12.7. The first kappa shape index (κ1) is 16.6. The van der Waals surface area contributed by atoms with Crippen LogP contribution in [0.5, 0.6) is 0 Å². The Balaban J connectivity index is 0.000000814. The van der Waals surface area contributed by atoms with Crippen molar-refractivity contribution in [2.75, 3.05) is 7.05 Å². The Kier molecular flexibility index (Phi) is 4.10. The van der Waals surface area contributed by atoms with E-state index in [9.17, 15) is 0 Å². The van der Waals surface area contributed by atoms with Gasteiger partial charge >= 0.3 is 0 Å². The fourth-order valence-corrected chi connectivity index (χ4v) is 3.94. The first-order valence-electron chi connectivity index (χ1n) is 9.04. The third-order valence-electron chi connectivity index (χ3n) is 5.24. The second-order valence-electron chi connectivity index (χ2n) is 6.81. The Hall–Kier alpha value is -2.90. The highest BCUT2D eigenvalue weighted by atomic mass is 14.4. The zero-order valence-corrected chi connectivity index (χ0v) is 15.5. The van der Waals surface area contributed by atoms with Gasteiger partial charge in [0.05, 0.1) is 0 Å². The van der Waals surface area contributed by atoms with Gasteiger partial charge in [-0.05, 0) is 87.7 Å². The van der Waals surface area contributed by atoms with Crippen molar-refractivity contribution in [2.45, 2.75) is 13.8 Å². The molecule has 1 heteroatoms. The average molecular weight is 337 g/mol. The molecule has 0 unspecified atom stereocenters. The molecule has 1 nitrogen and oxygen atoms in total. The lowest BCUT2D eigenvalue weighted by molar-refractivity contribution is 1.48. The number of nitrogens with two attached hydrogens (primary N) is 1. The lowest BCUT2D eigenvalue weighted by atomic mass is 9.92. The van der Waals surface area contributed by atoms with Gasteiger partial charge in [-0.1, -0.05) is 60.2 Å². The molecule has 0 aliphatic rings. The number of benzene rings is 5. The quantitative estimate of drug-likeness (QED) is 0.253. The van der Waals surface area contributed by atoms with E-state index < -0.39 is 0 Å². The van der Waals surface area contributed by atoms with Crippen molar-refractivity contribution in [1.29, 1.82) is 0 Å². The summed E-state index contributed by atoms with van der Waals surface area (Å²) >= 11 is 0. The van der Waals surface area contributed by atoms with Crippen molar-refractivity contribution < 1.29 is 0 Å². The van der Waals surface area contributed by atoms with Crippen LogP contribution in [-0.2, 0) is 0 Å². The van der Waals surface area contributed by atoms with Crippen LogP contribution in [0.15, 0.2) is 72.8 Å². The van der Waals surface area contributed by atoms with Crippen LogP contribution in [0, 0.1) is 13.8 Å². The van der Waals surface area contributed by atoms with Crippen LogP contribution in [-0.4, -0.2) is 7.05 Å². The molecular formula is C25H23N. The molecule has 5 aromatic rings. The summed E-state index contributed by atoms with van der Waals surface area (Å²) in [7, 11) is 1.50. The molecule has 0 bridgehead atoms. The Labute approximate surface area is 154 Å². The molecule has 5 rings (SSSR count). The Morgan fingerprint density at radius 3 is 1.88 bits per heavy atom. The molecule has 0 atom stereocenters. The monoisotopic (exact) mass is 337 g/mol. The van der Waals surface area contributed by atoms with E-state index in [1.54, 1.807) is 0 Å². The van der Waals surface area contributed by atoms with Crippen LogP contribution in [0.3, 0.4) is 0 Å². The van der Waals surface area contributed by atoms with Crippen LogP contribution >= 0.6 is 0 Å². The normalized spacial score (nSPS) is 11.1. The second-order valence-corrected chi connectivity index (χ2v) is 6.81. The maximum absolute atomic E-state index is 4.50. The molecule has 5 aromatic carbocycles. The molecule has 128 valence electrons. The van der Waals surface area contributed by atoms with Gasteiger partial charge < -0.3 is 5.73 Å². The van der Waals surface area contributed by atoms with Crippen molar-refractivity contribution in [3.63, 3.8) is 0 Å². The molecule has 0 fully saturated rings. The molecular weight excluding hydrogens is 314 g/mol. The smallest absolute Gasteiger partial charge is 0.00961 e. The van der Waals surface area contributed by atoms with Crippen LogP contribution < -0.4 is 5.73 Å². The highest BCUT2D eigenvalue weighted by Crippen LogP contribution is 2.35. The van der Waals surface area contributed by atoms with E-state index >= 15 is 0 Å². The summed E-state index contributed by atoms with van der Waals surface area (Å²) in [5, 5.41) is 10.7. The fraction of sp³-hybridized carbons (Fsp3) is 0.120. The van der Waals surface area contributed by atoms with E-state index in [-0.39, 0.29) is 0 Å².